The smallest absolute Gasteiger partial charge is 0.159 e. The van der Waals surface area contributed by atoms with Crippen molar-refractivity contribution in [3.05, 3.63) is 71.2 Å². The molecule has 0 saturated heterocycles. The molecule has 1 aromatic carbocycles. The Morgan fingerprint density at radius 2 is 1.76 bits per heavy atom. The molecule has 0 spiro atoms. The van der Waals surface area contributed by atoms with Crippen molar-refractivity contribution >= 4 is 27.2 Å². The number of hydrogen-bond donors (Lipinski definition) is 0. The molecule has 1 atom stereocenters. The number of benzene rings is 1. The Kier molecular flexibility index (Phi) is 19.0. The standard InChI is InChI=1S/C10H14O.C10H10S.C9H16.C2H6/c1-5-10(9(4)11)7-6-8(2)3;1-2-8-7-11-10-6-4-3-5-9(8)10;1-5-8-9(4,6-2)7-3;1-2/h5-7H,2H2,1,3-4H3;3-7H,2H2,1H3;2H,5,7-8H2,1,3-4H3;1-2H3/b7-6-,10-5+;;;. The van der Waals surface area contributed by atoms with Gasteiger partial charge in [-0.25, -0.2) is 0 Å². The van der Waals surface area contributed by atoms with Crippen LogP contribution in [0.3, 0.4) is 0 Å². The van der Waals surface area contributed by atoms with Crippen LogP contribution in [0.25, 0.3) is 10.1 Å². The Hall–Kier alpha value is -2.37. The third-order valence-electron chi connectivity index (χ3n) is 5.14. The lowest BCUT2D eigenvalue weighted by Crippen LogP contribution is -2.10. The summed E-state index contributed by atoms with van der Waals surface area (Å²) >= 11 is 1.84. The normalized spacial score (nSPS) is 12.2. The molecule has 0 radical (unpaired) electrons. The summed E-state index contributed by atoms with van der Waals surface area (Å²) < 4.78 is 1.41. The molecule has 1 nitrogen and oxygen atoms in total. The van der Waals surface area contributed by atoms with E-state index in [2.05, 4.69) is 69.8 Å². The Balaban J connectivity index is 0. The van der Waals surface area contributed by atoms with Crippen molar-refractivity contribution in [3.8, 4) is 12.3 Å². The van der Waals surface area contributed by atoms with E-state index in [0.29, 0.717) is 0 Å². The Morgan fingerprint density at radius 3 is 2.15 bits per heavy atom. The van der Waals surface area contributed by atoms with Gasteiger partial charge in [-0.3, -0.25) is 4.79 Å². The van der Waals surface area contributed by atoms with E-state index in [1.807, 2.05) is 45.1 Å². The molecular weight excluding hydrogens is 420 g/mol. The Bertz CT molecular complexity index is 920. The van der Waals surface area contributed by atoms with E-state index < -0.39 is 0 Å². The van der Waals surface area contributed by atoms with E-state index in [4.69, 9.17) is 6.42 Å². The van der Waals surface area contributed by atoms with E-state index in [9.17, 15) is 4.79 Å². The monoisotopic (exact) mass is 466 g/mol. The third-order valence-corrected chi connectivity index (χ3v) is 6.15. The first-order valence-electron chi connectivity index (χ1n) is 12.1. The van der Waals surface area contributed by atoms with Crippen molar-refractivity contribution in [2.24, 2.45) is 5.41 Å². The first kappa shape index (κ1) is 32.8. The van der Waals surface area contributed by atoms with Crippen LogP contribution in [0.5, 0.6) is 0 Å². The number of rotatable bonds is 7. The van der Waals surface area contributed by atoms with Crippen molar-refractivity contribution < 1.29 is 4.79 Å². The average molecular weight is 467 g/mol. The predicted molar refractivity (Wildman–Crippen MR) is 153 cm³/mol. The summed E-state index contributed by atoms with van der Waals surface area (Å²) in [4.78, 5) is 10.8. The second kappa shape index (κ2) is 19.1. The molecule has 0 bridgehead atoms. The highest BCUT2D eigenvalue weighted by Gasteiger charge is 2.16. The molecule has 0 aliphatic rings. The molecule has 2 aromatic rings. The maximum absolute atomic E-state index is 10.8. The van der Waals surface area contributed by atoms with Crippen molar-refractivity contribution in [3.63, 3.8) is 0 Å². The van der Waals surface area contributed by atoms with E-state index in [0.717, 1.165) is 30.4 Å². The fraction of sp³-hybridized carbons (Fsp3) is 0.452. The fourth-order valence-corrected chi connectivity index (χ4v) is 3.90. The van der Waals surface area contributed by atoms with Gasteiger partial charge in [-0.15, -0.1) is 23.7 Å². The summed E-state index contributed by atoms with van der Waals surface area (Å²) in [6.45, 7) is 21.7. The van der Waals surface area contributed by atoms with Crippen molar-refractivity contribution in [1.82, 2.24) is 0 Å². The van der Waals surface area contributed by atoms with Crippen LogP contribution in [0.15, 0.2) is 65.6 Å². The molecule has 2 heteroatoms. The average Bonchev–Trinajstić information content (AvgIpc) is 3.24. The number of fused-ring (bicyclic) bond motifs is 1. The van der Waals surface area contributed by atoms with Gasteiger partial charge in [0.05, 0.1) is 0 Å². The maximum atomic E-state index is 10.8. The van der Waals surface area contributed by atoms with Crippen molar-refractivity contribution in [2.45, 2.75) is 88.0 Å². The fourth-order valence-electron chi connectivity index (χ4n) is 2.86. The lowest BCUT2D eigenvalue weighted by Gasteiger charge is -2.19. The first-order chi connectivity index (χ1) is 15.7. The van der Waals surface area contributed by atoms with Crippen LogP contribution in [0, 0.1) is 17.8 Å². The summed E-state index contributed by atoms with van der Waals surface area (Å²) in [6.07, 6.45) is 15.3. The number of thiophene rings is 1. The van der Waals surface area contributed by atoms with E-state index >= 15 is 0 Å². The van der Waals surface area contributed by atoms with E-state index in [-0.39, 0.29) is 11.2 Å². The second-order valence-electron chi connectivity index (χ2n) is 7.90. The highest BCUT2D eigenvalue weighted by molar-refractivity contribution is 7.17. The molecule has 0 aliphatic heterocycles. The summed E-state index contributed by atoms with van der Waals surface area (Å²) in [5, 5.41) is 3.69. The molecule has 0 aliphatic carbocycles. The summed E-state index contributed by atoms with van der Waals surface area (Å²) in [5.41, 5.74) is 3.32. The van der Waals surface area contributed by atoms with Gasteiger partial charge in [-0.05, 0) is 69.4 Å². The number of aryl methyl sites for hydroxylation is 1. The minimum Gasteiger partial charge on any atom is -0.295 e. The number of terminal acetylenes is 1. The predicted octanol–water partition coefficient (Wildman–Crippen LogP) is 9.98. The van der Waals surface area contributed by atoms with Crippen LogP contribution < -0.4 is 0 Å². The highest BCUT2D eigenvalue weighted by Crippen LogP contribution is 2.26. The Morgan fingerprint density at radius 1 is 1.15 bits per heavy atom. The largest absolute Gasteiger partial charge is 0.295 e. The number of allylic oxidation sites excluding steroid dienone is 5. The minimum absolute atomic E-state index is 0.0880. The molecule has 1 unspecified atom stereocenters. The van der Waals surface area contributed by atoms with Gasteiger partial charge in [0.2, 0.25) is 0 Å². The molecular formula is C31H46OS. The number of hydrogen-bond acceptors (Lipinski definition) is 2. The molecule has 182 valence electrons. The summed E-state index contributed by atoms with van der Waals surface area (Å²) in [7, 11) is 0. The SMILES string of the molecule is C#CC(C)(CC)CCC.C=C(C)/C=C\C(=C/C)C(C)=O.CC.CCc1csc2ccccc12. The van der Waals surface area contributed by atoms with Gasteiger partial charge in [-0.1, -0.05) is 89.6 Å². The number of ketones is 1. The highest BCUT2D eigenvalue weighted by atomic mass is 32.1. The third kappa shape index (κ3) is 13.7. The van der Waals surface area contributed by atoms with Gasteiger partial charge in [0.15, 0.2) is 5.78 Å². The second-order valence-corrected chi connectivity index (χ2v) is 8.81. The first-order valence-corrected chi connectivity index (χ1v) is 13.0. The van der Waals surface area contributed by atoms with Crippen LogP contribution >= 0.6 is 11.3 Å². The van der Waals surface area contributed by atoms with Gasteiger partial charge in [0.25, 0.3) is 0 Å². The number of carbonyl (C=O) groups is 1. The van der Waals surface area contributed by atoms with Crippen LogP contribution in [0.1, 0.15) is 87.1 Å². The quantitative estimate of drug-likeness (QED) is 0.225. The lowest BCUT2D eigenvalue weighted by atomic mass is 9.84. The van der Waals surface area contributed by atoms with Gasteiger partial charge >= 0.3 is 0 Å². The molecule has 0 saturated carbocycles. The van der Waals surface area contributed by atoms with Gasteiger partial charge < -0.3 is 0 Å². The molecule has 0 fully saturated rings. The van der Waals surface area contributed by atoms with E-state index in [1.165, 1.54) is 22.1 Å². The molecule has 0 N–H and O–H groups in total. The van der Waals surface area contributed by atoms with Crippen LogP contribution in [0.4, 0.5) is 0 Å². The lowest BCUT2D eigenvalue weighted by molar-refractivity contribution is -0.113. The molecule has 2 rings (SSSR count). The number of carbonyl (C=O) groups excluding carboxylic acids is 1. The van der Waals surface area contributed by atoms with Crippen molar-refractivity contribution in [2.75, 3.05) is 0 Å². The van der Waals surface area contributed by atoms with Gasteiger partial charge in [-0.2, -0.15) is 0 Å². The molecule has 1 heterocycles. The zero-order chi connectivity index (χ0) is 25.9. The number of Topliss-reactive ketones (excluding diaryl/α,β-unsaturated/α-hetero) is 1. The Labute approximate surface area is 208 Å². The summed E-state index contributed by atoms with van der Waals surface area (Å²) in [6, 6.07) is 8.58. The topological polar surface area (TPSA) is 17.1 Å². The molecule has 1 aromatic heterocycles. The summed E-state index contributed by atoms with van der Waals surface area (Å²) in [5.74, 6) is 2.92. The zero-order valence-electron chi connectivity index (χ0n) is 22.5. The zero-order valence-corrected chi connectivity index (χ0v) is 23.4. The van der Waals surface area contributed by atoms with Crippen molar-refractivity contribution in [1.29, 1.82) is 0 Å². The molecule has 33 heavy (non-hydrogen) atoms. The van der Waals surface area contributed by atoms with Gasteiger partial charge in [0.1, 0.15) is 0 Å². The maximum Gasteiger partial charge on any atom is 0.159 e. The minimum atomic E-state index is 0.0880. The van der Waals surface area contributed by atoms with Crippen LogP contribution in [-0.2, 0) is 11.2 Å². The molecule has 0 amide bonds. The van der Waals surface area contributed by atoms with E-state index in [1.54, 1.807) is 19.1 Å². The van der Waals surface area contributed by atoms with Gasteiger partial charge in [0, 0.05) is 15.7 Å². The van der Waals surface area contributed by atoms with Crippen LogP contribution in [0.2, 0.25) is 0 Å². The van der Waals surface area contributed by atoms with Crippen LogP contribution in [-0.4, -0.2) is 5.78 Å².